The smallest absolute Gasteiger partial charge is 0.191 e. The first-order chi connectivity index (χ1) is 14.8. The second-order valence-electron chi connectivity index (χ2n) is 7.07. The first-order valence-electron chi connectivity index (χ1n) is 10.5. The van der Waals surface area contributed by atoms with Gasteiger partial charge in [-0.3, -0.25) is 9.67 Å². The van der Waals surface area contributed by atoms with Crippen LogP contribution in [0.2, 0.25) is 0 Å². The zero-order valence-electron chi connectivity index (χ0n) is 17.6. The van der Waals surface area contributed by atoms with Crippen molar-refractivity contribution >= 4 is 5.96 Å². The molecule has 1 heterocycles. The molecule has 6 heteroatoms. The van der Waals surface area contributed by atoms with Crippen LogP contribution < -0.4 is 10.6 Å². The van der Waals surface area contributed by atoms with Gasteiger partial charge < -0.3 is 15.4 Å². The van der Waals surface area contributed by atoms with Crippen LogP contribution in [0.25, 0.3) is 0 Å². The monoisotopic (exact) mass is 405 g/mol. The molecule has 1 aromatic heterocycles. The Morgan fingerprint density at radius 1 is 0.967 bits per heavy atom. The van der Waals surface area contributed by atoms with E-state index in [1.807, 2.05) is 35.1 Å². The van der Waals surface area contributed by atoms with Crippen molar-refractivity contribution in [3.63, 3.8) is 0 Å². The molecular formula is C24H31N5O. The number of hydrogen-bond acceptors (Lipinski definition) is 3. The number of aromatic nitrogens is 2. The molecular weight excluding hydrogens is 374 g/mol. The van der Waals surface area contributed by atoms with E-state index in [4.69, 9.17) is 4.74 Å². The van der Waals surface area contributed by atoms with Crippen LogP contribution in [-0.4, -0.2) is 35.9 Å². The number of hydrogen-bond donors (Lipinski definition) is 2. The van der Waals surface area contributed by atoms with Crippen LogP contribution in [0, 0.1) is 0 Å². The van der Waals surface area contributed by atoms with Crippen molar-refractivity contribution in [3.8, 4) is 0 Å². The summed E-state index contributed by atoms with van der Waals surface area (Å²) >= 11 is 0. The van der Waals surface area contributed by atoms with Crippen molar-refractivity contribution in [3.05, 3.63) is 89.7 Å². The Morgan fingerprint density at radius 3 is 2.53 bits per heavy atom. The lowest BCUT2D eigenvalue weighted by molar-refractivity contribution is 0.117. The molecule has 30 heavy (non-hydrogen) atoms. The molecule has 2 N–H and O–H groups in total. The Morgan fingerprint density at radius 2 is 1.77 bits per heavy atom. The molecule has 0 fully saturated rings. The average molecular weight is 406 g/mol. The predicted octanol–water partition coefficient (Wildman–Crippen LogP) is 3.59. The molecule has 2 aromatic carbocycles. The second kappa shape index (κ2) is 12.4. The van der Waals surface area contributed by atoms with Gasteiger partial charge in [-0.2, -0.15) is 5.10 Å². The van der Waals surface area contributed by atoms with Crippen molar-refractivity contribution < 1.29 is 4.74 Å². The highest BCUT2D eigenvalue weighted by Crippen LogP contribution is 2.10. The van der Waals surface area contributed by atoms with Crippen LogP contribution in [0.3, 0.4) is 0 Å². The van der Waals surface area contributed by atoms with Crippen LogP contribution in [-0.2, 0) is 24.4 Å². The standard InChI is InChI=1S/C24H31N5O/c1-25-24(26-14-7-8-17-30-20-21-10-3-2-4-11-21)27-18-22-12-5-6-13-23(22)19-29-16-9-15-28-29/h2-6,9-13,15-16H,7-8,14,17-20H2,1H3,(H2,25,26,27). The molecule has 3 rings (SSSR count). The normalized spacial score (nSPS) is 11.4. The first kappa shape index (κ1) is 21.6. The fourth-order valence-corrected chi connectivity index (χ4v) is 3.15. The average Bonchev–Trinajstić information content (AvgIpc) is 3.30. The molecule has 158 valence electrons. The molecule has 0 saturated carbocycles. The van der Waals surface area contributed by atoms with E-state index >= 15 is 0 Å². The van der Waals surface area contributed by atoms with Gasteiger partial charge in [0.05, 0.1) is 13.2 Å². The minimum absolute atomic E-state index is 0.676. The number of guanidine groups is 1. The number of nitrogens with zero attached hydrogens (tertiary/aromatic N) is 3. The number of rotatable bonds is 11. The number of ether oxygens (including phenoxy) is 1. The molecule has 0 unspecified atom stereocenters. The third kappa shape index (κ3) is 7.37. The topological polar surface area (TPSA) is 63.5 Å². The third-order valence-electron chi connectivity index (χ3n) is 4.80. The summed E-state index contributed by atoms with van der Waals surface area (Å²) in [7, 11) is 1.80. The van der Waals surface area contributed by atoms with Crippen molar-refractivity contribution in [2.45, 2.75) is 32.5 Å². The highest BCUT2D eigenvalue weighted by molar-refractivity contribution is 5.79. The lowest BCUT2D eigenvalue weighted by atomic mass is 10.1. The van der Waals surface area contributed by atoms with Crippen molar-refractivity contribution in [1.29, 1.82) is 0 Å². The van der Waals surface area contributed by atoms with Crippen LogP contribution in [0.15, 0.2) is 78.0 Å². The maximum absolute atomic E-state index is 5.73. The summed E-state index contributed by atoms with van der Waals surface area (Å²) < 4.78 is 7.67. The van der Waals surface area contributed by atoms with Crippen LogP contribution in [0.5, 0.6) is 0 Å². The Hall–Kier alpha value is -3.12. The fourth-order valence-electron chi connectivity index (χ4n) is 3.15. The van der Waals surface area contributed by atoms with E-state index in [1.54, 1.807) is 13.2 Å². The molecule has 0 saturated heterocycles. The van der Waals surface area contributed by atoms with Gasteiger partial charge in [-0.15, -0.1) is 0 Å². The van der Waals surface area contributed by atoms with E-state index in [2.05, 4.69) is 57.1 Å². The summed E-state index contributed by atoms with van der Waals surface area (Å²) in [6.07, 6.45) is 5.84. The molecule has 0 atom stereocenters. The first-order valence-corrected chi connectivity index (χ1v) is 10.5. The van der Waals surface area contributed by atoms with Gasteiger partial charge in [-0.05, 0) is 35.6 Å². The maximum Gasteiger partial charge on any atom is 0.191 e. The van der Waals surface area contributed by atoms with Crippen molar-refractivity contribution in [1.82, 2.24) is 20.4 Å². The van der Waals surface area contributed by atoms with Gasteiger partial charge in [0.25, 0.3) is 0 Å². The molecule has 6 nitrogen and oxygen atoms in total. The molecule has 0 bridgehead atoms. The van der Waals surface area contributed by atoms with E-state index in [-0.39, 0.29) is 0 Å². The quantitative estimate of drug-likeness (QED) is 0.291. The van der Waals surface area contributed by atoms with E-state index in [0.717, 1.165) is 45.0 Å². The van der Waals surface area contributed by atoms with Crippen molar-refractivity contribution in [2.75, 3.05) is 20.2 Å². The fraction of sp³-hybridized carbons (Fsp3) is 0.333. The number of benzene rings is 2. The molecule has 0 aliphatic heterocycles. The summed E-state index contributed by atoms with van der Waals surface area (Å²) in [6, 6.07) is 20.6. The van der Waals surface area contributed by atoms with Gasteiger partial charge in [0, 0.05) is 39.1 Å². The molecule has 0 spiro atoms. The highest BCUT2D eigenvalue weighted by Gasteiger charge is 2.04. The molecule has 0 amide bonds. The van der Waals surface area contributed by atoms with Crippen LogP contribution in [0.1, 0.15) is 29.5 Å². The van der Waals surface area contributed by atoms with Gasteiger partial charge in [0.2, 0.25) is 0 Å². The van der Waals surface area contributed by atoms with E-state index in [1.165, 1.54) is 16.7 Å². The maximum atomic E-state index is 5.73. The number of aliphatic imine (C=N–C) groups is 1. The minimum Gasteiger partial charge on any atom is -0.377 e. The minimum atomic E-state index is 0.676. The zero-order valence-corrected chi connectivity index (χ0v) is 17.6. The van der Waals surface area contributed by atoms with Gasteiger partial charge in [0.15, 0.2) is 5.96 Å². The van der Waals surface area contributed by atoms with Gasteiger partial charge in [0.1, 0.15) is 0 Å². The Bertz CT molecular complexity index is 878. The van der Waals surface area contributed by atoms with Crippen LogP contribution in [0.4, 0.5) is 0 Å². The predicted molar refractivity (Wildman–Crippen MR) is 121 cm³/mol. The van der Waals surface area contributed by atoms with Gasteiger partial charge >= 0.3 is 0 Å². The summed E-state index contributed by atoms with van der Waals surface area (Å²) in [6.45, 7) is 3.79. The zero-order chi connectivity index (χ0) is 20.9. The molecule has 0 aliphatic rings. The number of unbranched alkanes of at least 4 members (excludes halogenated alkanes) is 1. The van der Waals surface area contributed by atoms with E-state index < -0.39 is 0 Å². The van der Waals surface area contributed by atoms with Crippen molar-refractivity contribution in [2.24, 2.45) is 4.99 Å². The van der Waals surface area contributed by atoms with E-state index in [0.29, 0.717) is 6.61 Å². The third-order valence-corrected chi connectivity index (χ3v) is 4.80. The Balaban J connectivity index is 1.33. The number of nitrogens with one attached hydrogen (secondary N) is 2. The molecule has 0 aliphatic carbocycles. The molecule has 0 radical (unpaired) electrons. The largest absolute Gasteiger partial charge is 0.377 e. The second-order valence-corrected chi connectivity index (χ2v) is 7.07. The highest BCUT2D eigenvalue weighted by atomic mass is 16.5. The SMILES string of the molecule is CN=C(NCCCCOCc1ccccc1)NCc1ccccc1Cn1cccn1. The van der Waals surface area contributed by atoms with Crippen LogP contribution >= 0.6 is 0 Å². The van der Waals surface area contributed by atoms with Gasteiger partial charge in [-0.1, -0.05) is 54.6 Å². The lowest BCUT2D eigenvalue weighted by Crippen LogP contribution is -2.37. The molecule has 3 aromatic rings. The van der Waals surface area contributed by atoms with Gasteiger partial charge in [-0.25, -0.2) is 0 Å². The Labute approximate surface area is 179 Å². The summed E-state index contributed by atoms with van der Waals surface area (Å²) in [5.41, 5.74) is 3.71. The summed E-state index contributed by atoms with van der Waals surface area (Å²) in [5.74, 6) is 0.814. The summed E-state index contributed by atoms with van der Waals surface area (Å²) in [4.78, 5) is 4.33. The summed E-state index contributed by atoms with van der Waals surface area (Å²) in [5, 5.41) is 11.1. The van der Waals surface area contributed by atoms with E-state index in [9.17, 15) is 0 Å². The Kier molecular flexibility index (Phi) is 8.95. The lowest BCUT2D eigenvalue weighted by Gasteiger charge is -2.14.